The number of hydrogen-bond acceptors (Lipinski definition) is 5. The van der Waals surface area contributed by atoms with Crippen molar-refractivity contribution < 1.29 is 27.9 Å². The Balaban J connectivity index is 1.72. The minimum Gasteiger partial charge on any atom is -0.491 e. The SMILES string of the molecule is C[C@H](Cc1ccc2c(c1)OCCn1cc(N3C(=O)N(C)C(=O)[C@H]3C(F)F)nc1-2)C(N)=O. The zero-order valence-electron chi connectivity index (χ0n) is 16.9. The fourth-order valence-electron chi connectivity index (χ4n) is 3.75. The van der Waals surface area contributed by atoms with Crippen molar-refractivity contribution in [1.29, 1.82) is 0 Å². The van der Waals surface area contributed by atoms with E-state index in [4.69, 9.17) is 10.5 Å². The number of imide groups is 1. The molecule has 2 N–H and O–H groups in total. The maximum Gasteiger partial charge on any atom is 0.333 e. The molecule has 1 fully saturated rings. The van der Waals surface area contributed by atoms with E-state index >= 15 is 0 Å². The Labute approximate surface area is 176 Å². The Bertz CT molecular complexity index is 1070. The Morgan fingerprint density at radius 2 is 2.10 bits per heavy atom. The number of carbonyl (C=O) groups excluding carboxylic acids is 3. The van der Waals surface area contributed by atoms with Gasteiger partial charge in [0, 0.05) is 19.2 Å². The van der Waals surface area contributed by atoms with E-state index in [9.17, 15) is 23.2 Å². The second-order valence-electron chi connectivity index (χ2n) is 7.63. The highest BCUT2D eigenvalue weighted by Crippen LogP contribution is 2.36. The van der Waals surface area contributed by atoms with Crippen LogP contribution in [-0.4, -0.2) is 58.4 Å². The summed E-state index contributed by atoms with van der Waals surface area (Å²) in [6, 6.07) is 2.60. The van der Waals surface area contributed by atoms with Crippen LogP contribution in [0.15, 0.2) is 24.4 Å². The molecule has 0 spiro atoms. The average molecular weight is 433 g/mol. The molecule has 164 valence electrons. The lowest BCUT2D eigenvalue weighted by molar-refractivity contribution is -0.129. The number of fused-ring (bicyclic) bond motifs is 3. The lowest BCUT2D eigenvalue weighted by Gasteiger charge is -2.18. The van der Waals surface area contributed by atoms with Gasteiger partial charge < -0.3 is 15.0 Å². The highest BCUT2D eigenvalue weighted by molar-refractivity contribution is 6.13. The summed E-state index contributed by atoms with van der Waals surface area (Å²) >= 11 is 0. The summed E-state index contributed by atoms with van der Waals surface area (Å²) in [4.78, 5) is 41.7. The molecule has 1 aromatic carbocycles. The van der Waals surface area contributed by atoms with Crippen molar-refractivity contribution in [2.45, 2.75) is 32.4 Å². The molecule has 2 aliphatic heterocycles. The number of carbonyl (C=O) groups is 3. The zero-order valence-corrected chi connectivity index (χ0v) is 16.9. The van der Waals surface area contributed by atoms with Crippen LogP contribution in [0.4, 0.5) is 19.4 Å². The first-order chi connectivity index (χ1) is 14.7. The molecule has 4 amide bonds. The summed E-state index contributed by atoms with van der Waals surface area (Å²) in [6.45, 7) is 2.39. The molecule has 0 saturated carbocycles. The number of alkyl halides is 2. The van der Waals surface area contributed by atoms with Crippen LogP contribution in [0, 0.1) is 5.92 Å². The van der Waals surface area contributed by atoms with Gasteiger partial charge in [-0.05, 0) is 24.1 Å². The lowest BCUT2D eigenvalue weighted by atomic mass is 9.99. The van der Waals surface area contributed by atoms with Crippen molar-refractivity contribution in [1.82, 2.24) is 14.5 Å². The van der Waals surface area contributed by atoms with Crippen LogP contribution < -0.4 is 15.4 Å². The third-order valence-corrected chi connectivity index (χ3v) is 5.51. The van der Waals surface area contributed by atoms with Gasteiger partial charge in [0.05, 0.1) is 12.1 Å². The monoisotopic (exact) mass is 433 g/mol. The number of ether oxygens (including phenoxy) is 1. The molecule has 3 heterocycles. The second-order valence-corrected chi connectivity index (χ2v) is 7.63. The molecule has 2 aliphatic rings. The van der Waals surface area contributed by atoms with Gasteiger partial charge in [-0.3, -0.25) is 19.4 Å². The number of likely N-dealkylation sites (N-methyl/N-ethyl adjacent to an activating group) is 1. The fraction of sp³-hybridized carbons (Fsp3) is 0.400. The van der Waals surface area contributed by atoms with Gasteiger partial charge in [-0.2, -0.15) is 0 Å². The topological polar surface area (TPSA) is 111 Å². The van der Waals surface area contributed by atoms with Gasteiger partial charge in [0.1, 0.15) is 18.2 Å². The normalized spacial score (nSPS) is 19.2. The van der Waals surface area contributed by atoms with Gasteiger partial charge in [0.2, 0.25) is 5.91 Å². The predicted molar refractivity (Wildman–Crippen MR) is 106 cm³/mol. The van der Waals surface area contributed by atoms with E-state index in [1.807, 2.05) is 6.07 Å². The van der Waals surface area contributed by atoms with Crippen LogP contribution in [0.5, 0.6) is 5.75 Å². The number of amides is 4. The van der Waals surface area contributed by atoms with Gasteiger partial charge in [0.25, 0.3) is 12.3 Å². The number of hydrogen-bond donors (Lipinski definition) is 1. The summed E-state index contributed by atoms with van der Waals surface area (Å²) in [6.07, 6.45) is -1.14. The van der Waals surface area contributed by atoms with Gasteiger partial charge in [-0.25, -0.2) is 18.6 Å². The molecule has 1 aromatic heterocycles. The quantitative estimate of drug-likeness (QED) is 0.721. The minimum atomic E-state index is -3.05. The summed E-state index contributed by atoms with van der Waals surface area (Å²) in [5.74, 6) is -0.794. The van der Waals surface area contributed by atoms with Crippen LogP contribution in [0.25, 0.3) is 11.4 Å². The number of primary amides is 1. The first-order valence-electron chi connectivity index (χ1n) is 9.70. The second kappa shape index (κ2) is 7.64. The van der Waals surface area contributed by atoms with Crippen molar-refractivity contribution in [2.24, 2.45) is 11.7 Å². The van der Waals surface area contributed by atoms with E-state index in [1.54, 1.807) is 23.6 Å². The zero-order chi connectivity index (χ0) is 22.4. The van der Waals surface area contributed by atoms with Gasteiger partial charge in [-0.1, -0.05) is 13.0 Å². The van der Waals surface area contributed by atoms with Crippen LogP contribution in [0.1, 0.15) is 12.5 Å². The van der Waals surface area contributed by atoms with Gasteiger partial charge in [0.15, 0.2) is 11.9 Å². The number of imidazole rings is 1. The first-order valence-corrected chi connectivity index (χ1v) is 9.70. The molecule has 0 bridgehead atoms. The molecule has 2 atom stereocenters. The largest absolute Gasteiger partial charge is 0.491 e. The van der Waals surface area contributed by atoms with Crippen molar-refractivity contribution in [2.75, 3.05) is 18.6 Å². The van der Waals surface area contributed by atoms with Crippen LogP contribution >= 0.6 is 0 Å². The summed E-state index contributed by atoms with van der Waals surface area (Å²) in [5, 5.41) is 0. The first kappa shape index (κ1) is 20.8. The summed E-state index contributed by atoms with van der Waals surface area (Å²) < 4.78 is 34.6. The number of halogens is 2. The number of aromatic nitrogens is 2. The summed E-state index contributed by atoms with van der Waals surface area (Å²) in [7, 11) is 1.17. The Morgan fingerprint density at radius 3 is 2.77 bits per heavy atom. The van der Waals surface area contributed by atoms with Crippen LogP contribution in [-0.2, 0) is 22.6 Å². The van der Waals surface area contributed by atoms with Crippen LogP contribution in [0.2, 0.25) is 0 Å². The number of urea groups is 1. The maximum atomic E-state index is 13.5. The van der Waals surface area contributed by atoms with Gasteiger partial charge in [-0.15, -0.1) is 0 Å². The average Bonchev–Trinajstić information content (AvgIpc) is 3.16. The molecule has 31 heavy (non-hydrogen) atoms. The van der Waals surface area contributed by atoms with Crippen molar-refractivity contribution >= 4 is 23.7 Å². The van der Waals surface area contributed by atoms with E-state index < -0.39 is 30.3 Å². The Morgan fingerprint density at radius 1 is 1.35 bits per heavy atom. The molecule has 0 unspecified atom stereocenters. The molecule has 4 rings (SSSR count). The van der Waals surface area contributed by atoms with Crippen molar-refractivity contribution in [3.05, 3.63) is 30.0 Å². The Hall–Kier alpha value is -3.50. The number of rotatable bonds is 5. The smallest absolute Gasteiger partial charge is 0.333 e. The number of nitrogens with zero attached hydrogens (tertiary/aromatic N) is 4. The van der Waals surface area contributed by atoms with E-state index in [2.05, 4.69) is 4.98 Å². The molecular formula is C20H21F2N5O4. The fourth-order valence-corrected chi connectivity index (χ4v) is 3.75. The highest BCUT2D eigenvalue weighted by Gasteiger charge is 2.50. The predicted octanol–water partition coefficient (Wildman–Crippen LogP) is 1.64. The molecule has 9 nitrogen and oxygen atoms in total. The van der Waals surface area contributed by atoms with E-state index in [0.29, 0.717) is 35.0 Å². The third kappa shape index (κ3) is 3.49. The number of anilines is 1. The lowest BCUT2D eigenvalue weighted by Crippen LogP contribution is -2.40. The van der Waals surface area contributed by atoms with E-state index in [1.165, 1.54) is 13.2 Å². The minimum absolute atomic E-state index is 0.0257. The molecule has 2 aromatic rings. The third-order valence-electron chi connectivity index (χ3n) is 5.51. The van der Waals surface area contributed by atoms with E-state index in [0.717, 1.165) is 10.5 Å². The van der Waals surface area contributed by atoms with Gasteiger partial charge >= 0.3 is 6.03 Å². The van der Waals surface area contributed by atoms with Crippen molar-refractivity contribution in [3.8, 4) is 17.1 Å². The van der Waals surface area contributed by atoms with Crippen molar-refractivity contribution in [3.63, 3.8) is 0 Å². The Kier molecular flexibility index (Phi) is 5.11. The molecule has 1 saturated heterocycles. The molecule has 0 radical (unpaired) electrons. The summed E-state index contributed by atoms with van der Waals surface area (Å²) in [5.41, 5.74) is 6.80. The highest BCUT2D eigenvalue weighted by atomic mass is 19.3. The number of benzene rings is 1. The molecule has 0 aliphatic carbocycles. The molecular weight excluding hydrogens is 412 g/mol. The standard InChI is InChI=1S/C20H21F2N5O4/c1-10(17(23)28)7-11-3-4-12-13(8-11)31-6-5-26-9-14(24-18(12)26)27-15(16(21)22)19(29)25(2)20(27)30/h3-4,8-10,15-16H,5-7H2,1-2H3,(H2,23,28)/t10-,15-/m1/s1. The maximum absolute atomic E-state index is 13.5. The molecule has 11 heteroatoms. The van der Waals surface area contributed by atoms with E-state index in [-0.39, 0.29) is 18.3 Å². The van der Waals surface area contributed by atoms with Crippen LogP contribution in [0.3, 0.4) is 0 Å². The number of nitrogens with two attached hydrogens (primary N) is 1.